The molecule has 1 aromatic heterocycles. The second-order valence-corrected chi connectivity index (χ2v) is 1.77. The topological polar surface area (TPSA) is 101 Å². The maximum Gasteiger partial charge on any atom is 0.272 e. The number of nitrogens with two attached hydrogens (primary N) is 1. The number of aromatic amines is 1. The largest absolute Gasteiger partial charge is 0.312 e. The summed E-state index contributed by atoms with van der Waals surface area (Å²) < 4.78 is 0. The number of aromatic nitrogens is 2. The van der Waals surface area contributed by atoms with Crippen molar-refractivity contribution in [1.82, 2.24) is 15.4 Å². The maximum absolute atomic E-state index is 10.8. The van der Waals surface area contributed by atoms with Crippen LogP contribution >= 0.6 is 0 Å². The van der Waals surface area contributed by atoms with Gasteiger partial charge in [0.15, 0.2) is 0 Å². The Balaban J connectivity index is 3.14. The van der Waals surface area contributed by atoms with Crippen molar-refractivity contribution in [2.75, 3.05) is 0 Å². The lowest BCUT2D eigenvalue weighted by atomic mass is 10.3. The van der Waals surface area contributed by atoms with Gasteiger partial charge in [-0.1, -0.05) is 0 Å². The number of hydrogen-bond donors (Lipinski definition) is 3. The van der Waals surface area contributed by atoms with Crippen LogP contribution in [-0.4, -0.2) is 15.9 Å². The Morgan fingerprint density at radius 1 is 1.73 bits per heavy atom. The van der Waals surface area contributed by atoms with Gasteiger partial charge in [-0.25, -0.2) is 10.8 Å². The number of carbonyl (C=O) groups is 1. The molecule has 0 atom stereocenters. The Kier molecular flexibility index (Phi) is 1.98. The molecule has 58 valence electrons. The Morgan fingerprint density at radius 3 is 3.00 bits per heavy atom. The van der Waals surface area contributed by atoms with E-state index in [2.05, 4.69) is 9.97 Å². The van der Waals surface area contributed by atoms with Crippen LogP contribution in [0.2, 0.25) is 0 Å². The highest BCUT2D eigenvalue weighted by Gasteiger charge is 2.06. The third-order valence-corrected chi connectivity index (χ3v) is 1.09. The van der Waals surface area contributed by atoms with E-state index >= 15 is 0 Å². The molecule has 4 N–H and O–H groups in total. The molecule has 0 fully saturated rings. The first-order valence-electron chi connectivity index (χ1n) is 2.79. The van der Waals surface area contributed by atoms with E-state index < -0.39 is 11.5 Å². The van der Waals surface area contributed by atoms with E-state index in [0.29, 0.717) is 0 Å². The summed E-state index contributed by atoms with van der Waals surface area (Å²) in [6.45, 7) is 0. The van der Waals surface area contributed by atoms with Crippen molar-refractivity contribution in [2.45, 2.75) is 0 Å². The molecule has 0 spiro atoms. The fourth-order valence-electron chi connectivity index (χ4n) is 0.584. The fraction of sp³-hybridized carbons (Fsp3) is 0. The fourth-order valence-corrected chi connectivity index (χ4v) is 0.584. The summed E-state index contributed by atoms with van der Waals surface area (Å²) in [4.78, 5) is 27.3. The van der Waals surface area contributed by atoms with E-state index in [1.165, 1.54) is 6.33 Å². The molecule has 1 rings (SSSR count). The summed E-state index contributed by atoms with van der Waals surface area (Å²) in [5.41, 5.74) is 1.21. The minimum atomic E-state index is -0.653. The molecule has 0 aliphatic heterocycles. The number of carbonyl (C=O) groups excluding carboxylic acids is 1. The van der Waals surface area contributed by atoms with Crippen molar-refractivity contribution in [3.05, 3.63) is 28.4 Å². The molecule has 0 unspecified atom stereocenters. The zero-order valence-corrected chi connectivity index (χ0v) is 5.50. The molecule has 1 amide bonds. The molecule has 6 heteroatoms. The van der Waals surface area contributed by atoms with Crippen LogP contribution < -0.4 is 16.8 Å². The minimum absolute atomic E-state index is 0.102. The Bertz CT molecular complexity index is 318. The van der Waals surface area contributed by atoms with Crippen LogP contribution in [0.15, 0.2) is 17.3 Å². The predicted octanol–water partition coefficient (Wildman–Crippen LogP) is -1.63. The first-order valence-corrected chi connectivity index (χ1v) is 2.79. The van der Waals surface area contributed by atoms with Crippen molar-refractivity contribution >= 4 is 5.91 Å². The normalized spacial score (nSPS) is 9.18. The zero-order chi connectivity index (χ0) is 8.27. The molecule has 1 aromatic rings. The van der Waals surface area contributed by atoms with Gasteiger partial charge < -0.3 is 4.98 Å². The van der Waals surface area contributed by atoms with Gasteiger partial charge in [0.25, 0.3) is 11.5 Å². The molecule has 0 saturated carbocycles. The van der Waals surface area contributed by atoms with Crippen LogP contribution in [0, 0.1) is 0 Å². The van der Waals surface area contributed by atoms with Crippen LogP contribution in [0.25, 0.3) is 0 Å². The molecule has 0 aromatic carbocycles. The van der Waals surface area contributed by atoms with Gasteiger partial charge >= 0.3 is 0 Å². The molecule has 6 nitrogen and oxygen atoms in total. The van der Waals surface area contributed by atoms with E-state index in [4.69, 9.17) is 5.84 Å². The predicted molar refractivity (Wildman–Crippen MR) is 36.5 cm³/mol. The van der Waals surface area contributed by atoms with Crippen molar-refractivity contribution in [3.63, 3.8) is 0 Å². The van der Waals surface area contributed by atoms with E-state index in [1.807, 2.05) is 5.43 Å². The second kappa shape index (κ2) is 2.93. The number of H-pyrrole nitrogens is 1. The highest BCUT2D eigenvalue weighted by Crippen LogP contribution is 1.82. The number of nitrogen functional groups attached to an aromatic ring is 1. The molecule has 0 aliphatic carbocycles. The lowest BCUT2D eigenvalue weighted by molar-refractivity contribution is 0.0951. The van der Waals surface area contributed by atoms with E-state index in [0.717, 1.165) is 6.20 Å². The third-order valence-electron chi connectivity index (χ3n) is 1.09. The second-order valence-electron chi connectivity index (χ2n) is 1.77. The molecular formula is C5H6N4O2. The lowest BCUT2D eigenvalue weighted by Gasteiger charge is -1.94. The van der Waals surface area contributed by atoms with Crippen molar-refractivity contribution < 1.29 is 4.79 Å². The number of hydrazine groups is 1. The van der Waals surface area contributed by atoms with Gasteiger partial charge in [-0.2, -0.15) is 0 Å². The van der Waals surface area contributed by atoms with Crippen molar-refractivity contribution in [1.29, 1.82) is 0 Å². The van der Waals surface area contributed by atoms with Crippen LogP contribution in [0.3, 0.4) is 0 Å². The van der Waals surface area contributed by atoms with Gasteiger partial charge in [-0.15, -0.1) is 0 Å². The number of hydrogen-bond acceptors (Lipinski definition) is 4. The monoisotopic (exact) mass is 154 g/mol. The quantitative estimate of drug-likeness (QED) is 0.257. The Labute approximate surface area is 61.4 Å². The van der Waals surface area contributed by atoms with E-state index in [1.54, 1.807) is 0 Å². The highest BCUT2D eigenvalue weighted by molar-refractivity contribution is 5.92. The van der Waals surface area contributed by atoms with Crippen LogP contribution in [0.1, 0.15) is 10.4 Å². The number of nitrogens with one attached hydrogen (secondary N) is 2. The molecule has 0 bridgehead atoms. The van der Waals surface area contributed by atoms with Gasteiger partial charge in [-0.3, -0.25) is 15.0 Å². The first kappa shape index (κ1) is 7.42. The van der Waals surface area contributed by atoms with Crippen LogP contribution in [0.5, 0.6) is 0 Å². The SMILES string of the molecule is NNC(=O)c1cnc[nH]c1=O. The average molecular weight is 154 g/mol. The summed E-state index contributed by atoms with van der Waals surface area (Å²) in [7, 11) is 0. The van der Waals surface area contributed by atoms with E-state index in [9.17, 15) is 9.59 Å². The Hall–Kier alpha value is -1.69. The molecule has 0 radical (unpaired) electrons. The molecule has 1 heterocycles. The summed E-state index contributed by atoms with van der Waals surface area (Å²) >= 11 is 0. The molecule has 0 saturated heterocycles. The van der Waals surface area contributed by atoms with Crippen molar-refractivity contribution in [2.24, 2.45) is 5.84 Å². The summed E-state index contributed by atoms with van der Waals surface area (Å²) in [6.07, 6.45) is 2.33. The number of rotatable bonds is 1. The molecule has 0 aliphatic rings. The smallest absolute Gasteiger partial charge is 0.272 e. The number of nitrogens with zero attached hydrogens (tertiary/aromatic N) is 1. The molecule has 11 heavy (non-hydrogen) atoms. The maximum atomic E-state index is 10.8. The van der Waals surface area contributed by atoms with Gasteiger partial charge in [0.1, 0.15) is 5.56 Å². The Morgan fingerprint density at radius 2 is 2.45 bits per heavy atom. The van der Waals surface area contributed by atoms with Gasteiger partial charge in [-0.05, 0) is 0 Å². The van der Waals surface area contributed by atoms with Crippen molar-refractivity contribution in [3.8, 4) is 0 Å². The summed E-state index contributed by atoms with van der Waals surface area (Å²) in [5.74, 6) is 4.14. The lowest BCUT2D eigenvalue weighted by Crippen LogP contribution is -2.34. The van der Waals surface area contributed by atoms with Crippen LogP contribution in [0.4, 0.5) is 0 Å². The third kappa shape index (κ3) is 1.41. The molecular weight excluding hydrogens is 148 g/mol. The average Bonchev–Trinajstić information content (AvgIpc) is 2.04. The zero-order valence-electron chi connectivity index (χ0n) is 5.50. The summed E-state index contributed by atoms with van der Waals surface area (Å²) in [6, 6.07) is 0. The van der Waals surface area contributed by atoms with Crippen LogP contribution in [-0.2, 0) is 0 Å². The van der Waals surface area contributed by atoms with Gasteiger partial charge in [0.2, 0.25) is 0 Å². The summed E-state index contributed by atoms with van der Waals surface area (Å²) in [5, 5.41) is 0. The van der Waals surface area contributed by atoms with Gasteiger partial charge in [0.05, 0.1) is 6.33 Å². The number of amides is 1. The highest BCUT2D eigenvalue weighted by atomic mass is 16.2. The minimum Gasteiger partial charge on any atom is -0.312 e. The van der Waals surface area contributed by atoms with E-state index in [-0.39, 0.29) is 5.56 Å². The first-order chi connectivity index (χ1) is 5.25. The standard InChI is InChI=1S/C5H6N4O2/c6-9-5(11)3-1-7-2-8-4(3)10/h1-2H,6H2,(H,9,11)(H,7,8,10). The van der Waals surface area contributed by atoms with Gasteiger partial charge in [0, 0.05) is 6.20 Å².